The molecule has 13 heavy (non-hydrogen) atoms. The first kappa shape index (κ1) is 9.96. The molecule has 0 saturated heterocycles. The summed E-state index contributed by atoms with van der Waals surface area (Å²) in [5.74, 6) is 0.169. The molecule has 0 spiro atoms. The molecule has 0 aromatic carbocycles. The predicted octanol–water partition coefficient (Wildman–Crippen LogP) is 1.18. The van der Waals surface area contributed by atoms with E-state index >= 15 is 0 Å². The first-order valence-corrected chi connectivity index (χ1v) is 4.59. The normalized spacial score (nSPS) is 23.5. The molecular weight excluding hydrogens is 166 g/mol. The third kappa shape index (κ3) is 1.97. The number of allylic oxidation sites excluding steroid dienone is 2. The van der Waals surface area contributed by atoms with Crippen LogP contribution in [0.5, 0.6) is 0 Å². The van der Waals surface area contributed by atoms with Crippen LogP contribution in [-0.2, 0) is 9.59 Å². The van der Waals surface area contributed by atoms with E-state index in [1.807, 2.05) is 6.92 Å². The van der Waals surface area contributed by atoms with Gasteiger partial charge in [0.25, 0.3) is 0 Å². The maximum Gasteiger partial charge on any atom is 0.160 e. The second-order valence-corrected chi connectivity index (χ2v) is 3.53. The highest BCUT2D eigenvalue weighted by atomic mass is 16.1. The van der Waals surface area contributed by atoms with Gasteiger partial charge >= 0.3 is 0 Å². The minimum Gasteiger partial charge on any atom is -0.401 e. The van der Waals surface area contributed by atoms with E-state index in [4.69, 9.17) is 5.73 Å². The smallest absolute Gasteiger partial charge is 0.160 e. The Balaban J connectivity index is 2.97. The van der Waals surface area contributed by atoms with Gasteiger partial charge in [-0.3, -0.25) is 9.59 Å². The Kier molecular flexibility index (Phi) is 2.86. The largest absolute Gasteiger partial charge is 0.401 e. The maximum atomic E-state index is 11.4. The lowest BCUT2D eigenvalue weighted by Crippen LogP contribution is -2.25. The number of ketones is 2. The molecule has 1 aliphatic carbocycles. The third-order valence-electron chi connectivity index (χ3n) is 2.44. The molecule has 0 aliphatic heterocycles. The minimum absolute atomic E-state index is 0.0115. The Morgan fingerprint density at radius 1 is 1.62 bits per heavy atom. The van der Waals surface area contributed by atoms with Crippen molar-refractivity contribution < 1.29 is 9.59 Å². The monoisotopic (exact) mass is 181 g/mol. The molecule has 1 unspecified atom stereocenters. The Labute approximate surface area is 78.0 Å². The van der Waals surface area contributed by atoms with Crippen LogP contribution in [0.1, 0.15) is 33.1 Å². The number of hydrogen-bond donors (Lipinski definition) is 1. The molecule has 0 saturated carbocycles. The molecule has 72 valence electrons. The summed E-state index contributed by atoms with van der Waals surface area (Å²) in [6.07, 6.45) is 1.14. The highest BCUT2D eigenvalue weighted by Gasteiger charge is 2.25. The van der Waals surface area contributed by atoms with Gasteiger partial charge in [-0.25, -0.2) is 0 Å². The summed E-state index contributed by atoms with van der Waals surface area (Å²) in [4.78, 5) is 22.6. The molecule has 1 atom stereocenters. The Hall–Kier alpha value is -1.12. The molecule has 3 nitrogen and oxygen atoms in total. The van der Waals surface area contributed by atoms with Crippen molar-refractivity contribution in [3.63, 3.8) is 0 Å². The standard InChI is InChI=1S/C10H15NO2/c1-3-9(13)8-5-7(12)4-6(2)10(8)11/h6H,3-5,11H2,1-2H3. The van der Waals surface area contributed by atoms with Gasteiger partial charge in [0.15, 0.2) is 5.78 Å². The van der Waals surface area contributed by atoms with Gasteiger partial charge in [0.1, 0.15) is 5.78 Å². The molecule has 0 fully saturated rings. The number of rotatable bonds is 2. The summed E-state index contributed by atoms with van der Waals surface area (Å²) >= 11 is 0. The van der Waals surface area contributed by atoms with Gasteiger partial charge in [-0.05, 0) is 0 Å². The van der Waals surface area contributed by atoms with Gasteiger partial charge in [0.05, 0.1) is 0 Å². The van der Waals surface area contributed by atoms with Crippen molar-refractivity contribution in [3.8, 4) is 0 Å². The van der Waals surface area contributed by atoms with Crippen LogP contribution in [0, 0.1) is 5.92 Å². The van der Waals surface area contributed by atoms with Gasteiger partial charge < -0.3 is 5.73 Å². The fourth-order valence-electron chi connectivity index (χ4n) is 1.59. The van der Waals surface area contributed by atoms with Gasteiger partial charge in [-0.1, -0.05) is 13.8 Å². The van der Waals surface area contributed by atoms with Crippen molar-refractivity contribution in [2.75, 3.05) is 0 Å². The van der Waals surface area contributed by atoms with Gasteiger partial charge in [0.2, 0.25) is 0 Å². The molecule has 1 aliphatic rings. The van der Waals surface area contributed by atoms with E-state index in [1.54, 1.807) is 6.92 Å². The molecule has 2 N–H and O–H groups in total. The average molecular weight is 181 g/mol. The van der Waals surface area contributed by atoms with Gasteiger partial charge in [-0.15, -0.1) is 0 Å². The van der Waals surface area contributed by atoms with E-state index < -0.39 is 0 Å². The van der Waals surface area contributed by atoms with Crippen LogP contribution in [0.2, 0.25) is 0 Å². The average Bonchev–Trinajstić information content (AvgIpc) is 2.10. The molecule has 0 radical (unpaired) electrons. The van der Waals surface area contributed by atoms with E-state index in [-0.39, 0.29) is 23.9 Å². The molecule has 0 heterocycles. The summed E-state index contributed by atoms with van der Waals surface area (Å²) in [5.41, 5.74) is 6.93. The minimum atomic E-state index is 0.0115. The SMILES string of the molecule is CCC(=O)C1=C(N)C(C)CC(=O)C1. The van der Waals surface area contributed by atoms with Crippen molar-refractivity contribution in [1.29, 1.82) is 0 Å². The van der Waals surface area contributed by atoms with Crippen molar-refractivity contribution in [1.82, 2.24) is 0 Å². The first-order valence-electron chi connectivity index (χ1n) is 4.59. The predicted molar refractivity (Wildman–Crippen MR) is 49.9 cm³/mol. The highest BCUT2D eigenvalue weighted by Crippen LogP contribution is 2.25. The van der Waals surface area contributed by atoms with Crippen molar-refractivity contribution >= 4 is 11.6 Å². The second kappa shape index (κ2) is 3.73. The van der Waals surface area contributed by atoms with Crippen LogP contribution >= 0.6 is 0 Å². The topological polar surface area (TPSA) is 60.2 Å². The summed E-state index contributed by atoms with van der Waals surface area (Å²) in [7, 11) is 0. The number of carbonyl (C=O) groups is 2. The lowest BCUT2D eigenvalue weighted by molar-refractivity contribution is -0.122. The summed E-state index contributed by atoms with van der Waals surface area (Å²) in [6, 6.07) is 0. The fourth-order valence-corrected chi connectivity index (χ4v) is 1.59. The molecule has 0 aromatic rings. The quantitative estimate of drug-likeness (QED) is 0.695. The zero-order chi connectivity index (χ0) is 10.0. The molecule has 0 aromatic heterocycles. The van der Waals surface area contributed by atoms with Crippen LogP contribution < -0.4 is 5.73 Å². The van der Waals surface area contributed by atoms with Crippen LogP contribution in [0.3, 0.4) is 0 Å². The van der Waals surface area contributed by atoms with Crippen LogP contribution in [0.25, 0.3) is 0 Å². The number of carbonyl (C=O) groups excluding carboxylic acids is 2. The first-order chi connectivity index (χ1) is 6.06. The lowest BCUT2D eigenvalue weighted by atomic mass is 9.85. The van der Waals surface area contributed by atoms with Crippen LogP contribution in [0.4, 0.5) is 0 Å². The molecule has 1 rings (SSSR count). The van der Waals surface area contributed by atoms with Crippen molar-refractivity contribution in [2.45, 2.75) is 33.1 Å². The fraction of sp³-hybridized carbons (Fsp3) is 0.600. The van der Waals surface area contributed by atoms with Gasteiger partial charge in [-0.2, -0.15) is 0 Å². The molecule has 0 bridgehead atoms. The lowest BCUT2D eigenvalue weighted by Gasteiger charge is -2.21. The van der Waals surface area contributed by atoms with E-state index in [0.717, 1.165) is 0 Å². The summed E-state index contributed by atoms with van der Waals surface area (Å²) < 4.78 is 0. The van der Waals surface area contributed by atoms with Crippen LogP contribution in [-0.4, -0.2) is 11.6 Å². The van der Waals surface area contributed by atoms with E-state index in [9.17, 15) is 9.59 Å². The van der Waals surface area contributed by atoms with Crippen LogP contribution in [0.15, 0.2) is 11.3 Å². The third-order valence-corrected chi connectivity index (χ3v) is 2.44. The van der Waals surface area contributed by atoms with E-state index in [2.05, 4.69) is 0 Å². The van der Waals surface area contributed by atoms with Crippen molar-refractivity contribution in [3.05, 3.63) is 11.3 Å². The summed E-state index contributed by atoms with van der Waals surface area (Å²) in [5, 5.41) is 0. The molecular formula is C10H15NO2. The Bertz CT molecular complexity index is 279. The van der Waals surface area contributed by atoms with Gasteiger partial charge in [0, 0.05) is 36.5 Å². The summed E-state index contributed by atoms with van der Waals surface area (Å²) in [6.45, 7) is 3.67. The number of Topliss-reactive ketones (excluding diaryl/α,β-unsaturated/α-hetero) is 2. The second-order valence-electron chi connectivity index (χ2n) is 3.53. The number of nitrogens with two attached hydrogens (primary N) is 1. The Morgan fingerprint density at radius 3 is 2.77 bits per heavy atom. The van der Waals surface area contributed by atoms with E-state index in [0.29, 0.717) is 24.1 Å². The van der Waals surface area contributed by atoms with E-state index in [1.165, 1.54) is 0 Å². The molecule has 3 heteroatoms. The highest BCUT2D eigenvalue weighted by molar-refractivity contribution is 6.02. The number of hydrogen-bond acceptors (Lipinski definition) is 3. The maximum absolute atomic E-state index is 11.4. The van der Waals surface area contributed by atoms with Crippen molar-refractivity contribution in [2.24, 2.45) is 11.7 Å². The zero-order valence-corrected chi connectivity index (χ0v) is 8.09. The zero-order valence-electron chi connectivity index (χ0n) is 8.09. The Morgan fingerprint density at radius 2 is 2.23 bits per heavy atom. The molecule has 0 amide bonds.